The lowest BCUT2D eigenvalue weighted by Crippen LogP contribution is -2.30. The second-order valence-corrected chi connectivity index (χ2v) is 6.16. The zero-order valence-corrected chi connectivity index (χ0v) is 13.4. The van der Waals surface area contributed by atoms with E-state index in [-0.39, 0.29) is 5.91 Å². The number of nitrogens with one attached hydrogen (secondary N) is 1. The van der Waals surface area contributed by atoms with Crippen LogP contribution in [0.4, 0.5) is 0 Å². The van der Waals surface area contributed by atoms with Crippen molar-refractivity contribution < 1.29 is 9.53 Å². The Morgan fingerprint density at radius 3 is 2.68 bits per heavy atom. The standard InChI is InChI=1S/C15H22BrNO2/c1-4-19-14-8-6-5-7-13(14)15(18)17-10-12(16)9-11(2)3/h5-8,11-12H,4,9-10H2,1-3H3,(H,17,18). The van der Waals surface area contributed by atoms with E-state index >= 15 is 0 Å². The van der Waals surface area contributed by atoms with E-state index in [4.69, 9.17) is 4.74 Å². The molecule has 0 bridgehead atoms. The molecule has 19 heavy (non-hydrogen) atoms. The number of para-hydroxylation sites is 1. The maximum Gasteiger partial charge on any atom is 0.255 e. The van der Waals surface area contributed by atoms with E-state index in [1.807, 2.05) is 25.1 Å². The molecule has 0 aliphatic carbocycles. The Balaban J connectivity index is 2.58. The highest BCUT2D eigenvalue weighted by Crippen LogP contribution is 2.18. The fourth-order valence-corrected chi connectivity index (χ4v) is 2.74. The minimum Gasteiger partial charge on any atom is -0.493 e. The number of halogens is 1. The summed E-state index contributed by atoms with van der Waals surface area (Å²) in [5.41, 5.74) is 0.591. The zero-order chi connectivity index (χ0) is 14.3. The van der Waals surface area contributed by atoms with Crippen LogP contribution in [-0.4, -0.2) is 23.9 Å². The number of hydrogen-bond acceptors (Lipinski definition) is 2. The van der Waals surface area contributed by atoms with Crippen molar-refractivity contribution in [3.05, 3.63) is 29.8 Å². The summed E-state index contributed by atoms with van der Waals surface area (Å²) in [5, 5.41) is 2.94. The van der Waals surface area contributed by atoms with Gasteiger partial charge in [0.1, 0.15) is 5.75 Å². The van der Waals surface area contributed by atoms with Gasteiger partial charge in [0.25, 0.3) is 5.91 Å². The van der Waals surface area contributed by atoms with Gasteiger partial charge < -0.3 is 10.1 Å². The van der Waals surface area contributed by atoms with Gasteiger partial charge in [-0.2, -0.15) is 0 Å². The number of alkyl halides is 1. The molecule has 0 fully saturated rings. The summed E-state index contributed by atoms with van der Waals surface area (Å²) in [4.78, 5) is 12.4. The lowest BCUT2D eigenvalue weighted by Gasteiger charge is -2.14. The molecule has 3 nitrogen and oxygen atoms in total. The van der Waals surface area contributed by atoms with Crippen molar-refractivity contribution in [2.75, 3.05) is 13.2 Å². The molecule has 1 unspecified atom stereocenters. The van der Waals surface area contributed by atoms with Crippen LogP contribution in [0.25, 0.3) is 0 Å². The van der Waals surface area contributed by atoms with Crippen molar-refractivity contribution in [3.63, 3.8) is 0 Å². The first-order valence-electron chi connectivity index (χ1n) is 6.68. The molecular weight excluding hydrogens is 306 g/mol. The van der Waals surface area contributed by atoms with Gasteiger partial charge in [-0.25, -0.2) is 0 Å². The number of amides is 1. The summed E-state index contributed by atoms with van der Waals surface area (Å²) >= 11 is 3.58. The molecule has 1 aromatic rings. The molecule has 1 atom stereocenters. The van der Waals surface area contributed by atoms with Gasteiger partial charge in [0.05, 0.1) is 12.2 Å². The summed E-state index contributed by atoms with van der Waals surface area (Å²) in [6, 6.07) is 7.31. The maximum atomic E-state index is 12.1. The molecule has 0 saturated heterocycles. The van der Waals surface area contributed by atoms with Crippen LogP contribution in [0, 0.1) is 5.92 Å². The summed E-state index contributed by atoms with van der Waals surface area (Å²) in [5.74, 6) is 1.16. The Kier molecular flexibility index (Phi) is 6.92. The molecule has 0 spiro atoms. The highest BCUT2D eigenvalue weighted by Gasteiger charge is 2.13. The summed E-state index contributed by atoms with van der Waals surface area (Å²) in [7, 11) is 0. The van der Waals surface area contributed by atoms with E-state index in [1.165, 1.54) is 0 Å². The quantitative estimate of drug-likeness (QED) is 0.776. The van der Waals surface area contributed by atoms with Crippen molar-refractivity contribution in [3.8, 4) is 5.75 Å². The Hall–Kier alpha value is -1.03. The van der Waals surface area contributed by atoms with Crippen LogP contribution < -0.4 is 10.1 Å². The Morgan fingerprint density at radius 2 is 2.05 bits per heavy atom. The topological polar surface area (TPSA) is 38.3 Å². The molecule has 0 aliphatic heterocycles. The van der Waals surface area contributed by atoms with Crippen molar-refractivity contribution in [1.82, 2.24) is 5.32 Å². The van der Waals surface area contributed by atoms with E-state index in [9.17, 15) is 4.79 Å². The molecule has 0 radical (unpaired) electrons. The molecule has 106 valence electrons. The van der Waals surface area contributed by atoms with Gasteiger partial charge in [-0.05, 0) is 31.4 Å². The van der Waals surface area contributed by atoms with Gasteiger partial charge in [-0.15, -0.1) is 0 Å². The molecule has 0 saturated carbocycles. The molecule has 1 N–H and O–H groups in total. The average molecular weight is 328 g/mol. The first-order valence-corrected chi connectivity index (χ1v) is 7.60. The van der Waals surface area contributed by atoms with Crippen LogP contribution in [-0.2, 0) is 0 Å². The summed E-state index contributed by atoms with van der Waals surface area (Å²) < 4.78 is 5.46. The van der Waals surface area contributed by atoms with Crippen LogP contribution in [0.3, 0.4) is 0 Å². The number of ether oxygens (including phenoxy) is 1. The number of carbonyl (C=O) groups excluding carboxylic acids is 1. The van der Waals surface area contributed by atoms with E-state index in [0.717, 1.165) is 6.42 Å². The number of hydrogen-bond donors (Lipinski definition) is 1. The van der Waals surface area contributed by atoms with Crippen LogP contribution in [0.15, 0.2) is 24.3 Å². The van der Waals surface area contributed by atoms with Crippen molar-refractivity contribution >= 4 is 21.8 Å². The van der Waals surface area contributed by atoms with Gasteiger partial charge in [-0.3, -0.25) is 4.79 Å². The lowest BCUT2D eigenvalue weighted by atomic mass is 10.1. The Labute approximate surface area is 123 Å². The summed E-state index contributed by atoms with van der Waals surface area (Å²) in [6.07, 6.45) is 1.04. The predicted molar refractivity (Wildman–Crippen MR) is 82.1 cm³/mol. The van der Waals surface area contributed by atoms with Crippen molar-refractivity contribution in [2.45, 2.75) is 32.0 Å². The molecule has 0 aliphatic rings. The second kappa shape index (κ2) is 8.20. The van der Waals surface area contributed by atoms with Crippen LogP contribution in [0.5, 0.6) is 5.75 Å². The van der Waals surface area contributed by atoms with Crippen molar-refractivity contribution in [2.24, 2.45) is 5.92 Å². The number of carbonyl (C=O) groups is 1. The average Bonchev–Trinajstić information content (AvgIpc) is 2.36. The minimum atomic E-state index is -0.0859. The molecule has 0 heterocycles. The minimum absolute atomic E-state index is 0.0859. The van der Waals surface area contributed by atoms with E-state index in [2.05, 4.69) is 35.1 Å². The van der Waals surface area contributed by atoms with Gasteiger partial charge in [0, 0.05) is 11.4 Å². The third-order valence-electron chi connectivity index (χ3n) is 2.64. The lowest BCUT2D eigenvalue weighted by molar-refractivity contribution is 0.0949. The molecule has 1 aromatic carbocycles. The first-order chi connectivity index (χ1) is 9.04. The van der Waals surface area contributed by atoms with Gasteiger partial charge >= 0.3 is 0 Å². The molecule has 1 rings (SSSR count). The largest absolute Gasteiger partial charge is 0.493 e. The molecular formula is C15H22BrNO2. The molecule has 0 aromatic heterocycles. The van der Waals surface area contributed by atoms with Gasteiger partial charge in [-0.1, -0.05) is 41.9 Å². The summed E-state index contributed by atoms with van der Waals surface area (Å²) in [6.45, 7) is 7.42. The molecule has 4 heteroatoms. The van der Waals surface area contributed by atoms with Gasteiger partial charge in [0.15, 0.2) is 0 Å². The first kappa shape index (κ1) is 16.0. The monoisotopic (exact) mass is 327 g/mol. The fourth-order valence-electron chi connectivity index (χ4n) is 1.83. The van der Waals surface area contributed by atoms with Crippen LogP contribution in [0.2, 0.25) is 0 Å². The van der Waals surface area contributed by atoms with Gasteiger partial charge in [0.2, 0.25) is 0 Å². The fraction of sp³-hybridized carbons (Fsp3) is 0.533. The third-order valence-corrected chi connectivity index (χ3v) is 3.34. The van der Waals surface area contributed by atoms with Crippen LogP contribution in [0.1, 0.15) is 37.6 Å². The number of rotatable bonds is 7. The second-order valence-electron chi connectivity index (χ2n) is 4.87. The normalized spacial score (nSPS) is 12.3. The number of benzene rings is 1. The predicted octanol–water partition coefficient (Wildman–Crippen LogP) is 3.62. The van der Waals surface area contributed by atoms with E-state index in [1.54, 1.807) is 6.07 Å². The highest BCUT2D eigenvalue weighted by atomic mass is 79.9. The SMILES string of the molecule is CCOc1ccccc1C(=O)NCC(Br)CC(C)C. The third kappa shape index (κ3) is 5.64. The Bertz CT molecular complexity index is 407. The van der Waals surface area contributed by atoms with E-state index < -0.39 is 0 Å². The Morgan fingerprint density at radius 1 is 1.37 bits per heavy atom. The van der Waals surface area contributed by atoms with Crippen LogP contribution >= 0.6 is 15.9 Å². The zero-order valence-electron chi connectivity index (χ0n) is 11.8. The smallest absolute Gasteiger partial charge is 0.255 e. The molecule has 1 amide bonds. The highest BCUT2D eigenvalue weighted by molar-refractivity contribution is 9.09. The maximum absolute atomic E-state index is 12.1. The van der Waals surface area contributed by atoms with Crippen molar-refractivity contribution in [1.29, 1.82) is 0 Å². The van der Waals surface area contributed by atoms with E-state index in [0.29, 0.717) is 35.2 Å².